The van der Waals surface area contributed by atoms with Gasteiger partial charge >= 0.3 is 5.97 Å². The van der Waals surface area contributed by atoms with Crippen molar-refractivity contribution in [2.45, 2.75) is 6.42 Å². The number of carboxylic acid groups (broad SMARTS) is 1. The molecular formula is C12H8Br2N2O3S. The van der Waals surface area contributed by atoms with Gasteiger partial charge in [-0.25, -0.2) is 4.98 Å². The number of nitrogens with one attached hydrogen (secondary N) is 1. The molecule has 20 heavy (non-hydrogen) atoms. The molecule has 0 saturated carbocycles. The summed E-state index contributed by atoms with van der Waals surface area (Å²) in [6.07, 6.45) is -0.158. The van der Waals surface area contributed by atoms with Crippen molar-refractivity contribution in [1.29, 1.82) is 0 Å². The second-order valence-electron chi connectivity index (χ2n) is 3.79. The van der Waals surface area contributed by atoms with Crippen LogP contribution in [0.1, 0.15) is 16.1 Å². The van der Waals surface area contributed by atoms with Gasteiger partial charge < -0.3 is 5.11 Å². The van der Waals surface area contributed by atoms with Gasteiger partial charge in [-0.3, -0.25) is 14.9 Å². The summed E-state index contributed by atoms with van der Waals surface area (Å²) < 4.78 is 1.52. The molecule has 5 nitrogen and oxygen atoms in total. The van der Waals surface area contributed by atoms with Crippen LogP contribution in [0.3, 0.4) is 0 Å². The number of carbonyl (C=O) groups is 2. The minimum absolute atomic E-state index is 0.158. The molecule has 0 unspecified atom stereocenters. The highest BCUT2D eigenvalue weighted by Gasteiger charge is 2.13. The number of anilines is 1. The third-order valence-corrected chi connectivity index (χ3v) is 4.24. The lowest BCUT2D eigenvalue weighted by Crippen LogP contribution is -2.12. The predicted octanol–water partition coefficient (Wildman–Crippen LogP) is 3.55. The molecule has 1 aromatic carbocycles. The number of benzene rings is 1. The lowest BCUT2D eigenvalue weighted by atomic mass is 10.2. The molecule has 2 N–H and O–H groups in total. The molecular weight excluding hydrogens is 412 g/mol. The number of thiazole rings is 1. The Kier molecular flexibility index (Phi) is 4.90. The van der Waals surface area contributed by atoms with Crippen molar-refractivity contribution in [3.63, 3.8) is 0 Å². The Morgan fingerprint density at radius 2 is 2.10 bits per heavy atom. The van der Waals surface area contributed by atoms with E-state index >= 15 is 0 Å². The fourth-order valence-corrected chi connectivity index (χ4v) is 3.37. The predicted molar refractivity (Wildman–Crippen MR) is 83.2 cm³/mol. The quantitative estimate of drug-likeness (QED) is 0.794. The fourth-order valence-electron chi connectivity index (χ4n) is 1.44. The maximum atomic E-state index is 12.1. The van der Waals surface area contributed by atoms with E-state index in [9.17, 15) is 9.59 Å². The molecule has 0 spiro atoms. The minimum Gasteiger partial charge on any atom is -0.481 e. The van der Waals surface area contributed by atoms with Crippen LogP contribution in [-0.4, -0.2) is 22.0 Å². The van der Waals surface area contributed by atoms with Crippen molar-refractivity contribution >= 4 is 60.2 Å². The zero-order chi connectivity index (χ0) is 14.7. The van der Waals surface area contributed by atoms with Gasteiger partial charge in [0.2, 0.25) is 0 Å². The summed E-state index contributed by atoms with van der Waals surface area (Å²) in [5, 5.41) is 13.3. The maximum Gasteiger partial charge on any atom is 0.309 e. The Morgan fingerprint density at radius 3 is 2.75 bits per heavy atom. The van der Waals surface area contributed by atoms with Crippen molar-refractivity contribution in [2.24, 2.45) is 0 Å². The molecule has 0 aliphatic heterocycles. The average Bonchev–Trinajstić information content (AvgIpc) is 2.75. The third kappa shape index (κ3) is 3.87. The van der Waals surface area contributed by atoms with Crippen LogP contribution >= 0.6 is 43.2 Å². The number of nitrogens with zero attached hydrogens (tertiary/aromatic N) is 1. The molecule has 0 fully saturated rings. The molecule has 0 aliphatic rings. The van der Waals surface area contributed by atoms with Crippen LogP contribution in [0.2, 0.25) is 0 Å². The van der Waals surface area contributed by atoms with Crippen molar-refractivity contribution < 1.29 is 14.7 Å². The molecule has 8 heteroatoms. The molecule has 0 radical (unpaired) electrons. The summed E-state index contributed by atoms with van der Waals surface area (Å²) in [6.45, 7) is 0. The van der Waals surface area contributed by atoms with Crippen LogP contribution in [0, 0.1) is 0 Å². The highest BCUT2D eigenvalue weighted by molar-refractivity contribution is 9.11. The molecule has 1 amide bonds. The van der Waals surface area contributed by atoms with E-state index in [1.807, 2.05) is 0 Å². The third-order valence-electron chi connectivity index (χ3n) is 2.28. The molecule has 1 aromatic heterocycles. The average molecular weight is 420 g/mol. The SMILES string of the molecule is O=C(O)Cc1csc(NC(=O)c2ccc(Br)cc2Br)n1. The van der Waals surface area contributed by atoms with E-state index in [2.05, 4.69) is 42.2 Å². The van der Waals surface area contributed by atoms with Gasteiger partial charge in [-0.15, -0.1) is 11.3 Å². The van der Waals surface area contributed by atoms with E-state index in [-0.39, 0.29) is 12.3 Å². The van der Waals surface area contributed by atoms with Crippen molar-refractivity contribution in [1.82, 2.24) is 4.98 Å². The number of amides is 1. The van der Waals surface area contributed by atoms with E-state index in [1.165, 1.54) is 11.3 Å². The first-order valence-electron chi connectivity index (χ1n) is 5.38. The summed E-state index contributed by atoms with van der Waals surface area (Å²) in [5.74, 6) is -1.26. The van der Waals surface area contributed by atoms with Gasteiger partial charge in [0.1, 0.15) is 0 Å². The Hall–Kier alpha value is -1.25. The Morgan fingerprint density at radius 1 is 1.35 bits per heavy atom. The maximum absolute atomic E-state index is 12.1. The molecule has 0 saturated heterocycles. The highest BCUT2D eigenvalue weighted by atomic mass is 79.9. The summed E-state index contributed by atoms with van der Waals surface area (Å²) in [4.78, 5) is 26.7. The first-order valence-corrected chi connectivity index (χ1v) is 7.85. The monoisotopic (exact) mass is 418 g/mol. The summed E-state index contributed by atoms with van der Waals surface area (Å²) >= 11 is 7.82. The van der Waals surface area contributed by atoms with Crippen molar-refractivity contribution in [3.8, 4) is 0 Å². The summed E-state index contributed by atoms with van der Waals surface area (Å²) in [7, 11) is 0. The normalized spacial score (nSPS) is 10.3. The van der Waals surface area contributed by atoms with E-state index < -0.39 is 5.97 Å². The largest absolute Gasteiger partial charge is 0.481 e. The van der Waals surface area contributed by atoms with Crippen LogP contribution in [0.4, 0.5) is 5.13 Å². The van der Waals surface area contributed by atoms with Gasteiger partial charge in [-0.1, -0.05) is 15.9 Å². The first-order chi connectivity index (χ1) is 9.45. The molecule has 0 bridgehead atoms. The molecule has 104 valence electrons. The van der Waals surface area contributed by atoms with E-state index in [0.29, 0.717) is 20.9 Å². The number of hydrogen-bond acceptors (Lipinski definition) is 4. The van der Waals surface area contributed by atoms with Crippen molar-refractivity contribution in [3.05, 3.63) is 43.8 Å². The molecule has 0 aliphatic carbocycles. The lowest BCUT2D eigenvalue weighted by Gasteiger charge is -2.04. The first kappa shape index (κ1) is 15.1. The number of carbonyl (C=O) groups excluding carboxylic acids is 1. The Labute approximate surface area is 135 Å². The number of aliphatic carboxylic acids is 1. The van der Waals surface area contributed by atoms with Gasteiger partial charge in [0.05, 0.1) is 17.7 Å². The second-order valence-corrected chi connectivity index (χ2v) is 6.42. The standard InChI is InChI=1S/C12H8Br2N2O3S/c13-6-1-2-8(9(14)3-6)11(19)16-12-15-7(5-20-12)4-10(17)18/h1-3,5H,4H2,(H,17,18)(H,15,16,19). The van der Waals surface area contributed by atoms with Gasteiger partial charge in [0, 0.05) is 14.3 Å². The smallest absolute Gasteiger partial charge is 0.309 e. The minimum atomic E-state index is -0.955. The van der Waals surface area contributed by atoms with E-state index in [1.54, 1.807) is 23.6 Å². The topological polar surface area (TPSA) is 79.3 Å². The Balaban J connectivity index is 2.11. The van der Waals surface area contributed by atoms with Gasteiger partial charge in [0.25, 0.3) is 5.91 Å². The molecule has 0 atom stereocenters. The number of aromatic nitrogens is 1. The number of rotatable bonds is 4. The van der Waals surface area contributed by atoms with Gasteiger partial charge in [0.15, 0.2) is 5.13 Å². The van der Waals surface area contributed by atoms with Crippen LogP contribution in [0.25, 0.3) is 0 Å². The van der Waals surface area contributed by atoms with Crippen molar-refractivity contribution in [2.75, 3.05) is 5.32 Å². The lowest BCUT2D eigenvalue weighted by molar-refractivity contribution is -0.136. The highest BCUT2D eigenvalue weighted by Crippen LogP contribution is 2.23. The number of hydrogen-bond donors (Lipinski definition) is 2. The molecule has 1 heterocycles. The number of halogens is 2. The second kappa shape index (κ2) is 6.47. The zero-order valence-corrected chi connectivity index (χ0v) is 13.9. The van der Waals surface area contributed by atoms with Crippen LogP contribution in [-0.2, 0) is 11.2 Å². The Bertz CT molecular complexity index is 672. The van der Waals surface area contributed by atoms with E-state index in [0.717, 1.165) is 4.47 Å². The van der Waals surface area contributed by atoms with Crippen LogP contribution in [0.5, 0.6) is 0 Å². The summed E-state index contributed by atoms with van der Waals surface area (Å²) in [6, 6.07) is 5.21. The van der Waals surface area contributed by atoms with Gasteiger partial charge in [-0.2, -0.15) is 0 Å². The fraction of sp³-hybridized carbons (Fsp3) is 0.0833. The molecule has 2 aromatic rings. The summed E-state index contributed by atoms with van der Waals surface area (Å²) in [5.41, 5.74) is 0.899. The number of carboxylic acids is 1. The zero-order valence-electron chi connectivity index (χ0n) is 9.89. The van der Waals surface area contributed by atoms with Gasteiger partial charge in [-0.05, 0) is 34.1 Å². The molecule has 2 rings (SSSR count). The van der Waals surface area contributed by atoms with Crippen LogP contribution < -0.4 is 5.32 Å². The van der Waals surface area contributed by atoms with E-state index in [4.69, 9.17) is 5.11 Å². The van der Waals surface area contributed by atoms with Crippen LogP contribution in [0.15, 0.2) is 32.5 Å².